The second-order valence-electron chi connectivity index (χ2n) is 11.1. The third-order valence-electron chi connectivity index (χ3n) is 8.31. The number of hydrogen-bond acceptors (Lipinski definition) is 2. The Bertz CT molecular complexity index is 1820. The lowest BCUT2D eigenvalue weighted by atomic mass is 9.83. The van der Waals surface area contributed by atoms with E-state index in [9.17, 15) is 0 Å². The summed E-state index contributed by atoms with van der Waals surface area (Å²) in [6, 6.07) is 24.9. The number of nitrogens with zero attached hydrogens (tertiary/aromatic N) is 2. The van der Waals surface area contributed by atoms with Crippen LogP contribution in [0.5, 0.6) is 0 Å². The molecule has 0 spiro atoms. The van der Waals surface area contributed by atoms with Crippen molar-refractivity contribution in [1.29, 1.82) is 0 Å². The summed E-state index contributed by atoms with van der Waals surface area (Å²) in [5.41, 5.74) is 15.1. The first kappa shape index (κ1) is 26.0. The predicted molar refractivity (Wildman–Crippen MR) is 173 cm³/mol. The first-order chi connectivity index (χ1) is 19.5. The van der Waals surface area contributed by atoms with Crippen LogP contribution in [0.2, 0.25) is 0 Å². The number of aryl methyl sites for hydroxylation is 3. The molecule has 1 heterocycles. The van der Waals surface area contributed by atoms with Crippen molar-refractivity contribution in [3.63, 3.8) is 0 Å². The number of allylic oxidation sites excluding steroid dienone is 3. The molecule has 1 aliphatic rings. The summed E-state index contributed by atoms with van der Waals surface area (Å²) in [5.74, 6) is 0. The van der Waals surface area contributed by atoms with Crippen molar-refractivity contribution in [3.8, 4) is 22.3 Å². The molecule has 0 saturated heterocycles. The topological polar surface area (TPSA) is 25.2 Å². The van der Waals surface area contributed by atoms with Crippen molar-refractivity contribution < 1.29 is 0 Å². The van der Waals surface area contributed by atoms with Gasteiger partial charge in [-0.15, -0.1) is 0 Å². The van der Waals surface area contributed by atoms with Gasteiger partial charge in [-0.3, -0.25) is 9.98 Å². The molecular formula is C38H36N2. The maximum Gasteiger partial charge on any atom is 0.0786 e. The highest BCUT2D eigenvalue weighted by molar-refractivity contribution is 6.10. The number of hydrogen-bond donors (Lipinski definition) is 0. The van der Waals surface area contributed by atoms with Gasteiger partial charge in [-0.1, -0.05) is 72.8 Å². The summed E-state index contributed by atoms with van der Waals surface area (Å²) in [7, 11) is 1.81. The zero-order valence-electron chi connectivity index (χ0n) is 24.0. The summed E-state index contributed by atoms with van der Waals surface area (Å²) in [6.45, 7) is 10.7. The third-order valence-corrected chi connectivity index (χ3v) is 8.31. The van der Waals surface area contributed by atoms with Crippen molar-refractivity contribution >= 4 is 33.5 Å². The van der Waals surface area contributed by atoms with Crippen LogP contribution in [0.1, 0.15) is 48.1 Å². The van der Waals surface area contributed by atoms with E-state index in [4.69, 9.17) is 4.98 Å². The van der Waals surface area contributed by atoms with Gasteiger partial charge in [-0.25, -0.2) is 0 Å². The highest BCUT2D eigenvalue weighted by Crippen LogP contribution is 2.42. The van der Waals surface area contributed by atoms with E-state index in [1.807, 2.05) is 19.5 Å². The van der Waals surface area contributed by atoms with Crippen LogP contribution >= 0.6 is 0 Å². The highest BCUT2D eigenvalue weighted by Gasteiger charge is 2.20. The number of aromatic nitrogens is 1. The molecule has 0 radical (unpaired) electrons. The lowest BCUT2D eigenvalue weighted by Gasteiger charge is -2.22. The fourth-order valence-corrected chi connectivity index (χ4v) is 6.41. The quantitative estimate of drug-likeness (QED) is 0.162. The molecule has 0 atom stereocenters. The van der Waals surface area contributed by atoms with E-state index in [2.05, 4.69) is 105 Å². The fraction of sp³-hybridized carbons (Fsp3) is 0.211. The standard InChI is InChI=1S/C38H36N2/c1-6-26(23-39-5)27-10-12-28(13-11-27)31-15-16-33-32(22-31)21-25(4)35(20-24(2)3)37(33)34-17-14-29-8-7-9-30-18-19-40-38(34)36(29)30/h6,10-19,21-23H,2,7-9,20H2,1,3-5H3/b26-6+,39-23?. The molecule has 0 bridgehead atoms. The van der Waals surface area contributed by atoms with Crippen molar-refractivity contribution in [2.45, 2.75) is 46.5 Å². The van der Waals surface area contributed by atoms with Crippen LogP contribution < -0.4 is 0 Å². The van der Waals surface area contributed by atoms with E-state index in [1.54, 1.807) is 0 Å². The van der Waals surface area contributed by atoms with Crippen LogP contribution in [0.3, 0.4) is 0 Å². The van der Waals surface area contributed by atoms with Crippen LogP contribution in [0.4, 0.5) is 0 Å². The summed E-state index contributed by atoms with van der Waals surface area (Å²) >= 11 is 0. The normalized spacial score (nSPS) is 13.4. The van der Waals surface area contributed by atoms with Gasteiger partial charge in [0.05, 0.1) is 5.52 Å². The van der Waals surface area contributed by atoms with E-state index in [1.165, 1.54) is 78.2 Å². The average molecular weight is 521 g/mol. The molecule has 198 valence electrons. The molecular weight excluding hydrogens is 484 g/mol. The zero-order valence-corrected chi connectivity index (χ0v) is 24.0. The Hall–Kier alpha value is -4.30. The lowest BCUT2D eigenvalue weighted by molar-refractivity contribution is 0.806. The minimum Gasteiger partial charge on any atom is -0.296 e. The Morgan fingerprint density at radius 1 is 0.950 bits per heavy atom. The Morgan fingerprint density at radius 3 is 2.42 bits per heavy atom. The summed E-state index contributed by atoms with van der Waals surface area (Å²) in [5, 5.41) is 3.90. The SMILES string of the molecule is C=C(C)Cc1c(C)cc2cc(-c3ccc(/C(C=NC)=C/C)cc3)ccc2c1-c1ccc2c3c(ccnc13)CCC2. The van der Waals surface area contributed by atoms with Crippen molar-refractivity contribution in [3.05, 3.63) is 119 Å². The monoisotopic (exact) mass is 520 g/mol. The Labute approximate surface area is 237 Å². The molecule has 40 heavy (non-hydrogen) atoms. The van der Waals surface area contributed by atoms with Gasteiger partial charge in [0.25, 0.3) is 0 Å². The minimum atomic E-state index is 0.859. The third kappa shape index (κ3) is 4.58. The molecule has 6 rings (SSSR count). The van der Waals surface area contributed by atoms with Gasteiger partial charge in [0.2, 0.25) is 0 Å². The van der Waals surface area contributed by atoms with E-state index in [0.29, 0.717) is 0 Å². The van der Waals surface area contributed by atoms with Crippen LogP contribution in [-0.4, -0.2) is 18.2 Å². The molecule has 2 heteroatoms. The molecule has 0 aliphatic heterocycles. The number of pyridine rings is 1. The maximum absolute atomic E-state index is 4.99. The summed E-state index contributed by atoms with van der Waals surface area (Å²) < 4.78 is 0. The van der Waals surface area contributed by atoms with Crippen molar-refractivity contribution in [2.24, 2.45) is 4.99 Å². The predicted octanol–water partition coefficient (Wildman–Crippen LogP) is 9.74. The minimum absolute atomic E-state index is 0.859. The lowest BCUT2D eigenvalue weighted by Crippen LogP contribution is -2.04. The largest absolute Gasteiger partial charge is 0.296 e. The van der Waals surface area contributed by atoms with Gasteiger partial charge >= 0.3 is 0 Å². The molecule has 2 nitrogen and oxygen atoms in total. The van der Waals surface area contributed by atoms with E-state index in [-0.39, 0.29) is 0 Å². The Kier molecular flexibility index (Phi) is 6.94. The van der Waals surface area contributed by atoms with Gasteiger partial charge in [0, 0.05) is 30.4 Å². The fourth-order valence-electron chi connectivity index (χ4n) is 6.41. The van der Waals surface area contributed by atoms with Crippen LogP contribution in [0.25, 0.3) is 49.5 Å². The highest BCUT2D eigenvalue weighted by atomic mass is 14.7. The molecule has 0 N–H and O–H groups in total. The van der Waals surface area contributed by atoms with Gasteiger partial charge in [0.15, 0.2) is 0 Å². The second kappa shape index (κ2) is 10.7. The molecule has 0 fully saturated rings. The number of fused-ring (bicyclic) bond motifs is 1. The smallest absolute Gasteiger partial charge is 0.0786 e. The van der Waals surface area contributed by atoms with E-state index < -0.39 is 0 Å². The van der Waals surface area contributed by atoms with E-state index in [0.717, 1.165) is 30.4 Å². The molecule has 4 aromatic carbocycles. The maximum atomic E-state index is 4.99. The molecule has 0 saturated carbocycles. The number of aliphatic imine (C=N–C) groups is 1. The zero-order chi connectivity index (χ0) is 27.8. The Balaban J connectivity index is 1.55. The molecule has 1 aromatic heterocycles. The van der Waals surface area contributed by atoms with Crippen LogP contribution in [-0.2, 0) is 19.3 Å². The molecule has 1 aliphatic carbocycles. The summed E-state index contributed by atoms with van der Waals surface area (Å²) in [6.07, 6.45) is 10.3. The van der Waals surface area contributed by atoms with E-state index >= 15 is 0 Å². The average Bonchev–Trinajstić information content (AvgIpc) is 2.97. The number of benzene rings is 4. The molecule has 0 unspecified atom stereocenters. The molecule has 0 amide bonds. The van der Waals surface area contributed by atoms with Gasteiger partial charge in [-0.2, -0.15) is 0 Å². The first-order valence-electron chi connectivity index (χ1n) is 14.3. The van der Waals surface area contributed by atoms with Crippen molar-refractivity contribution in [1.82, 2.24) is 4.98 Å². The van der Waals surface area contributed by atoms with Gasteiger partial charge in [0.1, 0.15) is 0 Å². The van der Waals surface area contributed by atoms with Crippen molar-refractivity contribution in [2.75, 3.05) is 7.05 Å². The second-order valence-corrected chi connectivity index (χ2v) is 11.1. The van der Waals surface area contributed by atoms with Gasteiger partial charge < -0.3 is 0 Å². The molecule has 5 aromatic rings. The van der Waals surface area contributed by atoms with Gasteiger partial charge in [-0.05, 0) is 119 Å². The van der Waals surface area contributed by atoms with Crippen LogP contribution in [0, 0.1) is 6.92 Å². The Morgan fingerprint density at radius 2 is 1.70 bits per heavy atom. The van der Waals surface area contributed by atoms with Crippen LogP contribution in [0.15, 0.2) is 96.1 Å². The first-order valence-corrected chi connectivity index (χ1v) is 14.3. The summed E-state index contributed by atoms with van der Waals surface area (Å²) in [4.78, 5) is 9.19. The number of rotatable bonds is 6.